The van der Waals surface area contributed by atoms with Crippen molar-refractivity contribution in [3.05, 3.63) is 15.4 Å². The van der Waals surface area contributed by atoms with Crippen molar-refractivity contribution in [1.82, 2.24) is 14.5 Å². The van der Waals surface area contributed by atoms with E-state index in [1.807, 2.05) is 0 Å². The van der Waals surface area contributed by atoms with Crippen LogP contribution >= 0.6 is 11.3 Å². The van der Waals surface area contributed by atoms with Crippen molar-refractivity contribution in [2.75, 3.05) is 12.3 Å². The third kappa shape index (κ3) is 2.12. The maximum absolute atomic E-state index is 12.2. The van der Waals surface area contributed by atoms with Crippen LogP contribution < -0.4 is 10.6 Å². The van der Waals surface area contributed by atoms with Gasteiger partial charge in [0, 0.05) is 0 Å². The summed E-state index contributed by atoms with van der Waals surface area (Å²) >= 11 is 0.905. The van der Waals surface area contributed by atoms with E-state index < -0.39 is 36.0 Å². The molecule has 2 aromatic rings. The summed E-state index contributed by atoms with van der Waals surface area (Å²) in [6.07, 6.45) is -4.74. The Kier molecular flexibility index (Phi) is 3.42. The number of hydrogen-bond acceptors (Lipinski definition) is 9. The van der Waals surface area contributed by atoms with Gasteiger partial charge in [-0.1, -0.05) is 11.3 Å². The predicted molar refractivity (Wildman–Crippen MR) is 73.8 cm³/mol. The van der Waals surface area contributed by atoms with Gasteiger partial charge in [0.25, 0.3) is 0 Å². The molecule has 0 saturated carbocycles. The minimum Gasteiger partial charge on any atom is -0.394 e. The Balaban J connectivity index is 2.17. The van der Waals surface area contributed by atoms with Crippen LogP contribution in [0.1, 0.15) is 11.9 Å². The molecule has 0 aliphatic carbocycles. The molecule has 3 heterocycles. The van der Waals surface area contributed by atoms with Crippen molar-refractivity contribution in [1.29, 1.82) is 0 Å². The smallest absolute Gasteiger partial charge is 0.311 e. The van der Waals surface area contributed by atoms with Gasteiger partial charge in [-0.25, -0.2) is 4.98 Å². The largest absolute Gasteiger partial charge is 0.394 e. The minimum absolute atomic E-state index is 0.00158. The number of thiazole rings is 1. The quantitative estimate of drug-likeness (QED) is 0.516. The van der Waals surface area contributed by atoms with E-state index in [0.29, 0.717) is 10.4 Å². The highest BCUT2D eigenvalue weighted by atomic mass is 32.1. The van der Waals surface area contributed by atoms with Gasteiger partial charge < -0.3 is 25.8 Å². The molecule has 4 atom stereocenters. The molecule has 0 amide bonds. The van der Waals surface area contributed by atoms with Crippen molar-refractivity contribution in [3.8, 4) is 0 Å². The molecule has 1 aliphatic rings. The number of anilines is 1. The molecule has 21 heavy (non-hydrogen) atoms. The molecule has 0 radical (unpaired) electrons. The molecule has 9 nitrogen and oxygen atoms in total. The van der Waals surface area contributed by atoms with Crippen LogP contribution in [0.2, 0.25) is 0 Å². The summed E-state index contributed by atoms with van der Waals surface area (Å²) < 4.78 is 7.03. The monoisotopic (exact) mass is 314 g/mol. The summed E-state index contributed by atoms with van der Waals surface area (Å²) in [7, 11) is 0. The lowest BCUT2D eigenvalue weighted by atomic mass is 10.1. The van der Waals surface area contributed by atoms with Crippen LogP contribution in [0.25, 0.3) is 10.3 Å². The second-order valence-electron chi connectivity index (χ2n) is 4.79. The van der Waals surface area contributed by atoms with Crippen molar-refractivity contribution in [2.24, 2.45) is 0 Å². The summed E-state index contributed by atoms with van der Waals surface area (Å²) in [6.45, 7) is 1.22. The zero-order valence-electron chi connectivity index (χ0n) is 11.0. The van der Waals surface area contributed by atoms with Crippen molar-refractivity contribution in [3.63, 3.8) is 0 Å². The van der Waals surface area contributed by atoms with E-state index in [1.54, 1.807) is 6.92 Å². The summed E-state index contributed by atoms with van der Waals surface area (Å²) in [4.78, 5) is 19.8. The van der Waals surface area contributed by atoms with Gasteiger partial charge in [0.15, 0.2) is 11.9 Å². The number of aryl methyl sites for hydroxylation is 1. The number of nitrogen functional groups attached to an aromatic ring is 1. The van der Waals surface area contributed by atoms with Gasteiger partial charge in [-0.15, -0.1) is 0 Å². The number of nitrogens with two attached hydrogens (primary N) is 1. The van der Waals surface area contributed by atoms with Crippen LogP contribution in [0.4, 0.5) is 5.95 Å². The molecule has 114 valence electrons. The fourth-order valence-electron chi connectivity index (χ4n) is 2.39. The van der Waals surface area contributed by atoms with Gasteiger partial charge in [-0.3, -0.25) is 9.36 Å². The number of rotatable bonds is 2. The van der Waals surface area contributed by atoms with E-state index in [1.165, 1.54) is 0 Å². The summed E-state index contributed by atoms with van der Waals surface area (Å²) in [5.41, 5.74) is 6.38. The number of aromatic nitrogens is 3. The molecule has 3 rings (SSSR count). The van der Waals surface area contributed by atoms with Crippen LogP contribution in [-0.2, 0) is 4.74 Å². The number of aliphatic hydroxyl groups is 3. The van der Waals surface area contributed by atoms with Crippen molar-refractivity contribution in [2.45, 2.75) is 31.5 Å². The fraction of sp³-hybridized carbons (Fsp3) is 0.545. The highest BCUT2D eigenvalue weighted by molar-refractivity contribution is 7.16. The second kappa shape index (κ2) is 5.00. The molecule has 2 aromatic heterocycles. The first-order valence-electron chi connectivity index (χ1n) is 6.21. The second-order valence-corrected chi connectivity index (χ2v) is 5.75. The van der Waals surface area contributed by atoms with Crippen LogP contribution in [0.5, 0.6) is 0 Å². The molecule has 0 bridgehead atoms. The van der Waals surface area contributed by atoms with E-state index >= 15 is 0 Å². The van der Waals surface area contributed by atoms with Crippen molar-refractivity contribution < 1.29 is 20.1 Å². The average molecular weight is 314 g/mol. The predicted octanol–water partition coefficient (Wildman–Crippen LogP) is -1.64. The highest BCUT2D eigenvalue weighted by Gasteiger charge is 2.44. The molecule has 0 aromatic carbocycles. The van der Waals surface area contributed by atoms with Crippen LogP contribution in [-0.4, -0.2) is 54.8 Å². The van der Waals surface area contributed by atoms with Gasteiger partial charge in [0.05, 0.1) is 17.0 Å². The molecule has 0 unspecified atom stereocenters. The lowest BCUT2D eigenvalue weighted by Gasteiger charge is -2.16. The van der Waals surface area contributed by atoms with E-state index in [-0.39, 0.29) is 11.6 Å². The Hall–Kier alpha value is -1.59. The van der Waals surface area contributed by atoms with Gasteiger partial charge in [-0.2, -0.15) is 4.98 Å². The lowest BCUT2D eigenvalue weighted by molar-refractivity contribution is -0.0518. The van der Waals surface area contributed by atoms with Crippen LogP contribution in [0, 0.1) is 6.92 Å². The van der Waals surface area contributed by atoms with E-state index in [4.69, 9.17) is 15.6 Å². The lowest BCUT2D eigenvalue weighted by Crippen LogP contribution is -2.34. The third-order valence-corrected chi connectivity index (χ3v) is 4.47. The maximum atomic E-state index is 12.2. The van der Waals surface area contributed by atoms with E-state index in [9.17, 15) is 15.0 Å². The number of nitrogens with zero attached hydrogens (tertiary/aromatic N) is 3. The molecule has 0 spiro atoms. The molecular weight excluding hydrogens is 300 g/mol. The minimum atomic E-state index is -1.35. The van der Waals surface area contributed by atoms with Crippen LogP contribution in [0.15, 0.2) is 4.79 Å². The molecule has 1 aliphatic heterocycles. The number of aliphatic hydroxyl groups excluding tert-OH is 3. The maximum Gasteiger partial charge on any atom is 0.311 e. The summed E-state index contributed by atoms with van der Waals surface area (Å²) in [5.74, 6) is -0.00158. The van der Waals surface area contributed by atoms with E-state index in [2.05, 4.69) is 9.97 Å². The molecule has 1 fully saturated rings. The topological polar surface area (TPSA) is 144 Å². The molecular formula is C11H14N4O5S. The van der Waals surface area contributed by atoms with E-state index in [0.717, 1.165) is 15.9 Å². The van der Waals surface area contributed by atoms with Gasteiger partial charge >= 0.3 is 4.87 Å². The first kappa shape index (κ1) is 14.4. The SMILES string of the molecule is Cc1nc(N)nc2c1sc(=O)n2[C@@H]1O[C@H](CO)[C@@H](O)[C@H]1O. The Morgan fingerprint density at radius 3 is 2.71 bits per heavy atom. The first-order valence-corrected chi connectivity index (χ1v) is 7.03. The third-order valence-electron chi connectivity index (χ3n) is 3.42. The van der Waals surface area contributed by atoms with Gasteiger partial charge in [0.2, 0.25) is 5.95 Å². The standard InChI is InChI=1S/C11H14N4O5S/c1-3-7-8(14-10(12)13-3)15(11(19)21-7)9-6(18)5(17)4(2-16)20-9/h4-6,9,16-18H,2H2,1H3,(H2,12,13,14)/t4-,5-,6-,9-/m1/s1. The average Bonchev–Trinajstić information content (AvgIpc) is 2.89. The number of ether oxygens (including phenoxy) is 1. The normalized spacial score (nSPS) is 29.3. The Labute approximate surface area is 122 Å². The number of hydrogen-bond donors (Lipinski definition) is 4. The van der Waals surface area contributed by atoms with Gasteiger partial charge in [-0.05, 0) is 6.92 Å². The highest BCUT2D eigenvalue weighted by Crippen LogP contribution is 2.32. The molecule has 1 saturated heterocycles. The Morgan fingerprint density at radius 2 is 2.10 bits per heavy atom. The fourth-order valence-corrected chi connectivity index (χ4v) is 3.28. The Bertz CT molecular complexity index is 744. The molecule has 10 heteroatoms. The summed E-state index contributed by atoms with van der Waals surface area (Å²) in [5, 5.41) is 28.9. The first-order chi connectivity index (χ1) is 9.93. The Morgan fingerprint density at radius 1 is 1.38 bits per heavy atom. The number of fused-ring (bicyclic) bond motifs is 1. The summed E-state index contributed by atoms with van der Waals surface area (Å²) in [6, 6.07) is 0. The zero-order valence-corrected chi connectivity index (χ0v) is 11.8. The van der Waals surface area contributed by atoms with Crippen molar-refractivity contribution >= 4 is 27.6 Å². The molecule has 5 N–H and O–H groups in total. The van der Waals surface area contributed by atoms with Crippen LogP contribution in [0.3, 0.4) is 0 Å². The van der Waals surface area contributed by atoms with Gasteiger partial charge in [0.1, 0.15) is 18.3 Å². The zero-order chi connectivity index (χ0) is 15.3.